The number of hydrogen-bond donors (Lipinski definition) is 1. The molecule has 15 heavy (non-hydrogen) atoms. The molecule has 0 radical (unpaired) electrons. The first-order valence-electron chi connectivity index (χ1n) is 5.29. The third kappa shape index (κ3) is 2.66. The molecule has 0 aliphatic carbocycles. The molecular weight excluding hydrogens is 189 g/mol. The Labute approximate surface area is 90.8 Å². The predicted octanol–water partition coefficient (Wildman–Crippen LogP) is 3.36. The molecule has 0 heterocycles. The molecule has 0 saturated carbocycles. The summed E-state index contributed by atoms with van der Waals surface area (Å²) in [6.07, 6.45) is 4.04. The van der Waals surface area contributed by atoms with E-state index in [0.717, 1.165) is 12.8 Å². The van der Waals surface area contributed by atoms with E-state index in [9.17, 15) is 4.39 Å². The van der Waals surface area contributed by atoms with E-state index >= 15 is 0 Å². The topological polar surface area (TPSA) is 26.0 Å². The van der Waals surface area contributed by atoms with Gasteiger partial charge in [-0.15, -0.1) is 6.58 Å². The Bertz CT molecular complexity index is 335. The van der Waals surface area contributed by atoms with Crippen molar-refractivity contribution >= 4 is 0 Å². The van der Waals surface area contributed by atoms with Crippen LogP contribution < -0.4 is 5.73 Å². The highest BCUT2D eigenvalue weighted by Gasteiger charge is 2.27. The summed E-state index contributed by atoms with van der Waals surface area (Å²) in [4.78, 5) is 0. The van der Waals surface area contributed by atoms with Gasteiger partial charge in [-0.1, -0.05) is 37.6 Å². The highest BCUT2D eigenvalue weighted by atomic mass is 19.1. The van der Waals surface area contributed by atoms with Gasteiger partial charge >= 0.3 is 0 Å². The van der Waals surface area contributed by atoms with Gasteiger partial charge in [-0.2, -0.15) is 0 Å². The van der Waals surface area contributed by atoms with Crippen LogP contribution in [0.4, 0.5) is 4.39 Å². The van der Waals surface area contributed by atoms with Crippen molar-refractivity contribution in [1.29, 1.82) is 0 Å². The fraction of sp³-hybridized carbons (Fsp3) is 0.385. The van der Waals surface area contributed by atoms with Crippen LogP contribution in [0.3, 0.4) is 0 Å². The molecule has 2 heteroatoms. The molecule has 0 aliphatic rings. The number of halogens is 1. The van der Waals surface area contributed by atoms with Crippen LogP contribution in [0.5, 0.6) is 0 Å². The normalized spacial score (nSPS) is 14.6. The van der Waals surface area contributed by atoms with Gasteiger partial charge in [0.15, 0.2) is 0 Å². The van der Waals surface area contributed by atoms with Crippen molar-refractivity contribution in [2.24, 2.45) is 5.73 Å². The largest absolute Gasteiger partial charge is 0.321 e. The zero-order valence-electron chi connectivity index (χ0n) is 9.17. The number of nitrogens with two attached hydrogens (primary N) is 1. The maximum absolute atomic E-state index is 13.6. The van der Waals surface area contributed by atoms with E-state index < -0.39 is 5.54 Å². The van der Waals surface area contributed by atoms with Crippen molar-refractivity contribution in [1.82, 2.24) is 0 Å². The van der Waals surface area contributed by atoms with Gasteiger partial charge in [0.2, 0.25) is 0 Å². The summed E-state index contributed by atoms with van der Waals surface area (Å²) in [7, 11) is 0. The second-order valence-corrected chi connectivity index (χ2v) is 3.88. The van der Waals surface area contributed by atoms with Crippen LogP contribution in [0.1, 0.15) is 31.7 Å². The first-order chi connectivity index (χ1) is 7.14. The lowest BCUT2D eigenvalue weighted by Gasteiger charge is -2.29. The third-order valence-corrected chi connectivity index (χ3v) is 2.61. The van der Waals surface area contributed by atoms with Gasteiger partial charge in [0.1, 0.15) is 5.82 Å². The van der Waals surface area contributed by atoms with E-state index in [1.807, 2.05) is 13.0 Å². The fourth-order valence-electron chi connectivity index (χ4n) is 1.92. The fourth-order valence-corrected chi connectivity index (χ4v) is 1.92. The Balaban J connectivity index is 3.08. The molecule has 0 aliphatic heterocycles. The minimum Gasteiger partial charge on any atom is -0.321 e. The first kappa shape index (κ1) is 11.9. The summed E-state index contributed by atoms with van der Waals surface area (Å²) in [5.74, 6) is -0.227. The van der Waals surface area contributed by atoms with Gasteiger partial charge in [-0.05, 0) is 18.9 Å². The van der Waals surface area contributed by atoms with E-state index in [2.05, 4.69) is 6.58 Å². The maximum atomic E-state index is 13.6. The summed E-state index contributed by atoms with van der Waals surface area (Å²) >= 11 is 0. The zero-order valence-corrected chi connectivity index (χ0v) is 9.17. The standard InChI is InChI=1S/C13H18FN/c1-3-9-13(15,10-4-2)11-7-5-6-8-12(11)14/h3,5-8H,1,4,9-10,15H2,2H3/t13-/m1/s1. The molecule has 0 aromatic heterocycles. The molecular formula is C13H18FN. The Morgan fingerprint density at radius 1 is 1.47 bits per heavy atom. The van der Waals surface area contributed by atoms with Crippen LogP contribution >= 0.6 is 0 Å². The Hall–Kier alpha value is -1.15. The molecule has 1 aromatic rings. The first-order valence-corrected chi connectivity index (χ1v) is 5.29. The van der Waals surface area contributed by atoms with E-state index in [0.29, 0.717) is 12.0 Å². The Kier molecular flexibility index (Phi) is 4.04. The minimum atomic E-state index is -0.609. The molecule has 0 unspecified atom stereocenters. The number of rotatable bonds is 5. The van der Waals surface area contributed by atoms with Gasteiger partial charge in [0.05, 0.1) is 0 Å². The van der Waals surface area contributed by atoms with E-state index in [-0.39, 0.29) is 5.82 Å². The van der Waals surface area contributed by atoms with Gasteiger partial charge in [-0.3, -0.25) is 0 Å². The van der Waals surface area contributed by atoms with E-state index in [1.165, 1.54) is 6.07 Å². The van der Waals surface area contributed by atoms with Gasteiger partial charge < -0.3 is 5.73 Å². The summed E-state index contributed by atoms with van der Waals surface area (Å²) in [5.41, 5.74) is 6.21. The highest BCUT2D eigenvalue weighted by Crippen LogP contribution is 2.29. The summed E-state index contributed by atoms with van der Waals surface area (Å²) in [6, 6.07) is 6.71. The highest BCUT2D eigenvalue weighted by molar-refractivity contribution is 5.26. The maximum Gasteiger partial charge on any atom is 0.128 e. The van der Waals surface area contributed by atoms with E-state index in [1.54, 1.807) is 18.2 Å². The number of hydrogen-bond acceptors (Lipinski definition) is 1. The van der Waals surface area contributed by atoms with Crippen LogP contribution in [0.15, 0.2) is 36.9 Å². The van der Waals surface area contributed by atoms with Crippen molar-refractivity contribution in [2.45, 2.75) is 31.7 Å². The molecule has 1 atom stereocenters. The van der Waals surface area contributed by atoms with Crippen LogP contribution in [0, 0.1) is 5.82 Å². The molecule has 1 aromatic carbocycles. The monoisotopic (exact) mass is 207 g/mol. The quantitative estimate of drug-likeness (QED) is 0.736. The Morgan fingerprint density at radius 3 is 2.67 bits per heavy atom. The zero-order chi connectivity index (χ0) is 11.3. The Morgan fingerprint density at radius 2 is 2.13 bits per heavy atom. The van der Waals surface area contributed by atoms with Crippen molar-refractivity contribution in [3.63, 3.8) is 0 Å². The lowest BCUT2D eigenvalue weighted by atomic mass is 9.83. The summed E-state index contributed by atoms with van der Waals surface area (Å²) in [5, 5.41) is 0. The SMILES string of the molecule is C=CC[C@@](N)(CCC)c1ccccc1F. The number of benzene rings is 1. The molecule has 2 N–H and O–H groups in total. The molecule has 0 bridgehead atoms. The molecule has 0 saturated heterocycles. The van der Waals surface area contributed by atoms with E-state index in [4.69, 9.17) is 5.73 Å². The van der Waals surface area contributed by atoms with Crippen LogP contribution in [0.2, 0.25) is 0 Å². The molecule has 1 rings (SSSR count). The van der Waals surface area contributed by atoms with Crippen LogP contribution in [-0.2, 0) is 5.54 Å². The van der Waals surface area contributed by atoms with Gasteiger partial charge in [0, 0.05) is 11.1 Å². The second-order valence-electron chi connectivity index (χ2n) is 3.88. The summed E-state index contributed by atoms with van der Waals surface area (Å²) in [6.45, 7) is 5.73. The smallest absolute Gasteiger partial charge is 0.128 e. The predicted molar refractivity (Wildman–Crippen MR) is 62.0 cm³/mol. The molecule has 0 amide bonds. The van der Waals surface area contributed by atoms with Crippen LogP contribution in [-0.4, -0.2) is 0 Å². The molecule has 0 fully saturated rings. The van der Waals surface area contributed by atoms with Crippen LogP contribution in [0.25, 0.3) is 0 Å². The average molecular weight is 207 g/mol. The third-order valence-electron chi connectivity index (χ3n) is 2.61. The van der Waals surface area contributed by atoms with Crippen molar-refractivity contribution in [3.05, 3.63) is 48.3 Å². The molecule has 82 valence electrons. The van der Waals surface area contributed by atoms with Crippen molar-refractivity contribution in [2.75, 3.05) is 0 Å². The second kappa shape index (κ2) is 5.08. The van der Waals surface area contributed by atoms with Gasteiger partial charge in [0.25, 0.3) is 0 Å². The minimum absolute atomic E-state index is 0.227. The van der Waals surface area contributed by atoms with Crippen molar-refractivity contribution < 1.29 is 4.39 Å². The van der Waals surface area contributed by atoms with Gasteiger partial charge in [-0.25, -0.2) is 4.39 Å². The molecule has 1 nitrogen and oxygen atoms in total. The summed E-state index contributed by atoms with van der Waals surface area (Å²) < 4.78 is 13.6. The molecule has 0 spiro atoms. The lowest BCUT2D eigenvalue weighted by Crippen LogP contribution is -2.36. The lowest BCUT2D eigenvalue weighted by molar-refractivity contribution is 0.389. The average Bonchev–Trinajstić information content (AvgIpc) is 2.19. The van der Waals surface area contributed by atoms with Crippen molar-refractivity contribution in [3.8, 4) is 0 Å².